The number of pyridine rings is 1. The summed E-state index contributed by atoms with van der Waals surface area (Å²) in [6, 6.07) is 5.63. The van der Waals surface area contributed by atoms with Gasteiger partial charge in [0.05, 0.1) is 5.75 Å². The minimum Gasteiger partial charge on any atom is -1.00 e. The molecule has 0 spiro atoms. The summed E-state index contributed by atoms with van der Waals surface area (Å²) in [6.45, 7) is 0.598. The van der Waals surface area contributed by atoms with E-state index < -0.39 is 10.1 Å². The molecule has 0 aromatic carbocycles. The van der Waals surface area contributed by atoms with Gasteiger partial charge in [0.15, 0.2) is 12.4 Å². The van der Waals surface area contributed by atoms with Gasteiger partial charge >= 0.3 is 0 Å². The Balaban J connectivity index is 0.00000169. The van der Waals surface area contributed by atoms with Crippen molar-refractivity contribution in [3.8, 4) is 0 Å². The molecule has 0 aliphatic heterocycles. The van der Waals surface area contributed by atoms with Gasteiger partial charge in [-0.2, -0.15) is 8.42 Å². The SMILES string of the molecule is O=S(=O)(O)CCC[n+]1ccccc1.[Br-]. The van der Waals surface area contributed by atoms with E-state index in [1.165, 1.54) is 0 Å². The number of nitrogens with zero attached hydrogens (tertiary/aromatic N) is 1. The molecule has 0 aliphatic rings. The van der Waals surface area contributed by atoms with Crippen LogP contribution in [0.1, 0.15) is 6.42 Å². The summed E-state index contributed by atoms with van der Waals surface area (Å²) in [4.78, 5) is 0. The van der Waals surface area contributed by atoms with E-state index in [0.717, 1.165) is 0 Å². The van der Waals surface area contributed by atoms with E-state index >= 15 is 0 Å². The van der Waals surface area contributed by atoms with Crippen molar-refractivity contribution in [2.75, 3.05) is 5.75 Å². The van der Waals surface area contributed by atoms with Gasteiger partial charge in [-0.25, -0.2) is 4.57 Å². The molecule has 6 heteroatoms. The van der Waals surface area contributed by atoms with Crippen LogP contribution in [-0.4, -0.2) is 18.7 Å². The predicted molar refractivity (Wildman–Crippen MR) is 47.7 cm³/mol. The van der Waals surface area contributed by atoms with Crippen molar-refractivity contribution >= 4 is 10.1 Å². The van der Waals surface area contributed by atoms with E-state index in [-0.39, 0.29) is 22.7 Å². The first-order chi connectivity index (χ1) is 6.08. The molecular weight excluding hydrogens is 270 g/mol. The smallest absolute Gasteiger partial charge is 0.265 e. The highest BCUT2D eigenvalue weighted by atomic mass is 79.9. The number of aryl methyl sites for hydroxylation is 1. The molecule has 0 radical (unpaired) electrons. The molecule has 4 nitrogen and oxygen atoms in total. The number of halogens is 1. The van der Waals surface area contributed by atoms with Crippen molar-refractivity contribution in [2.45, 2.75) is 13.0 Å². The van der Waals surface area contributed by atoms with Crippen molar-refractivity contribution in [2.24, 2.45) is 0 Å². The van der Waals surface area contributed by atoms with Crippen LogP contribution < -0.4 is 21.5 Å². The molecule has 0 unspecified atom stereocenters. The Hall–Kier alpha value is -0.460. The summed E-state index contributed by atoms with van der Waals surface area (Å²) in [6.07, 6.45) is 4.13. The summed E-state index contributed by atoms with van der Waals surface area (Å²) in [7, 11) is -3.81. The highest BCUT2D eigenvalue weighted by Gasteiger charge is 2.06. The van der Waals surface area contributed by atoms with Gasteiger partial charge in [-0.3, -0.25) is 4.55 Å². The van der Waals surface area contributed by atoms with E-state index in [1.54, 1.807) is 0 Å². The Labute approximate surface area is 94.1 Å². The normalized spacial score (nSPS) is 10.6. The quantitative estimate of drug-likeness (QED) is 0.481. The van der Waals surface area contributed by atoms with Crippen molar-refractivity contribution < 1.29 is 34.5 Å². The molecule has 0 saturated carbocycles. The largest absolute Gasteiger partial charge is 1.00 e. The first-order valence-electron chi connectivity index (χ1n) is 3.97. The third-order valence-electron chi connectivity index (χ3n) is 1.60. The lowest BCUT2D eigenvalue weighted by Crippen LogP contribution is -3.00. The average Bonchev–Trinajstić information content (AvgIpc) is 2.04. The fourth-order valence-electron chi connectivity index (χ4n) is 1.01. The van der Waals surface area contributed by atoms with Gasteiger partial charge in [0.1, 0.15) is 6.54 Å². The zero-order chi connectivity index (χ0) is 9.73. The standard InChI is InChI=1S/C8H11NO3S.BrH/c10-13(11,12)8-4-7-9-5-2-1-3-6-9;/h1-3,5-6H,4,7-8H2;1H. The molecular formula is C8H12BrNO3S. The van der Waals surface area contributed by atoms with Crippen molar-refractivity contribution in [3.05, 3.63) is 30.6 Å². The van der Waals surface area contributed by atoms with E-state index in [9.17, 15) is 8.42 Å². The lowest BCUT2D eigenvalue weighted by molar-refractivity contribution is -0.696. The summed E-state index contributed by atoms with van der Waals surface area (Å²) < 4.78 is 31.1. The van der Waals surface area contributed by atoms with Crippen LogP contribution in [-0.2, 0) is 16.7 Å². The first kappa shape index (κ1) is 13.5. The van der Waals surface area contributed by atoms with Gasteiger partial charge in [-0.05, 0) is 0 Å². The maximum atomic E-state index is 10.4. The lowest BCUT2D eigenvalue weighted by atomic mass is 10.4. The van der Waals surface area contributed by atoms with Gasteiger partial charge in [0.25, 0.3) is 10.1 Å². The zero-order valence-corrected chi connectivity index (χ0v) is 9.91. The van der Waals surface area contributed by atoms with Crippen LogP contribution in [0.2, 0.25) is 0 Å². The molecule has 0 bridgehead atoms. The Morgan fingerprint density at radius 1 is 1.14 bits per heavy atom. The minimum absolute atomic E-state index is 0. The van der Waals surface area contributed by atoms with Gasteiger partial charge in [-0.15, -0.1) is 0 Å². The van der Waals surface area contributed by atoms with E-state index in [2.05, 4.69) is 0 Å². The third-order valence-corrected chi connectivity index (χ3v) is 2.40. The Morgan fingerprint density at radius 2 is 1.71 bits per heavy atom. The zero-order valence-electron chi connectivity index (χ0n) is 7.51. The fraction of sp³-hybridized carbons (Fsp3) is 0.375. The molecule has 0 aliphatic carbocycles. The van der Waals surface area contributed by atoms with E-state index in [4.69, 9.17) is 4.55 Å². The molecule has 1 aromatic heterocycles. The molecule has 1 aromatic rings. The van der Waals surface area contributed by atoms with Gasteiger partial charge in [-0.1, -0.05) is 6.07 Å². The second-order valence-electron chi connectivity index (χ2n) is 2.75. The lowest BCUT2D eigenvalue weighted by Gasteiger charge is -1.94. The van der Waals surface area contributed by atoms with Crippen LogP contribution in [0.25, 0.3) is 0 Å². The predicted octanol–water partition coefficient (Wildman–Crippen LogP) is -2.74. The molecule has 1 N–H and O–H groups in total. The van der Waals surface area contributed by atoms with Crippen LogP contribution in [0.3, 0.4) is 0 Å². The fourth-order valence-corrected chi connectivity index (χ4v) is 1.51. The Kier molecular flexibility index (Phi) is 5.90. The van der Waals surface area contributed by atoms with Gasteiger partial charge in [0, 0.05) is 18.6 Å². The molecule has 0 fully saturated rings. The van der Waals surface area contributed by atoms with Crippen LogP contribution >= 0.6 is 0 Å². The van der Waals surface area contributed by atoms with Crippen molar-refractivity contribution in [1.82, 2.24) is 0 Å². The number of hydrogen-bond acceptors (Lipinski definition) is 2. The second-order valence-corrected chi connectivity index (χ2v) is 4.32. The minimum atomic E-state index is -3.81. The van der Waals surface area contributed by atoms with E-state index in [0.29, 0.717) is 13.0 Å². The number of aromatic nitrogens is 1. The maximum absolute atomic E-state index is 10.4. The molecule has 0 atom stereocenters. The van der Waals surface area contributed by atoms with Gasteiger partial charge < -0.3 is 17.0 Å². The Bertz CT molecular complexity index is 352. The first-order valence-corrected chi connectivity index (χ1v) is 5.58. The summed E-state index contributed by atoms with van der Waals surface area (Å²) in [5.41, 5.74) is 0. The second kappa shape index (κ2) is 6.10. The Morgan fingerprint density at radius 3 is 2.21 bits per heavy atom. The number of rotatable bonds is 4. The van der Waals surface area contributed by atoms with Crippen molar-refractivity contribution in [3.63, 3.8) is 0 Å². The third kappa shape index (κ3) is 6.06. The van der Waals surface area contributed by atoms with E-state index in [1.807, 2.05) is 35.2 Å². The van der Waals surface area contributed by atoms with Crippen LogP contribution in [0.5, 0.6) is 0 Å². The number of hydrogen-bond donors (Lipinski definition) is 1. The topological polar surface area (TPSA) is 58.3 Å². The van der Waals surface area contributed by atoms with Crippen LogP contribution in [0, 0.1) is 0 Å². The monoisotopic (exact) mass is 281 g/mol. The molecule has 0 amide bonds. The van der Waals surface area contributed by atoms with Crippen molar-refractivity contribution in [1.29, 1.82) is 0 Å². The van der Waals surface area contributed by atoms with Crippen LogP contribution in [0.15, 0.2) is 30.6 Å². The highest BCUT2D eigenvalue weighted by Crippen LogP contribution is 1.88. The average molecular weight is 282 g/mol. The molecule has 1 heterocycles. The summed E-state index contributed by atoms with van der Waals surface area (Å²) in [5.74, 6) is -0.186. The molecule has 14 heavy (non-hydrogen) atoms. The molecule has 1 rings (SSSR count). The summed E-state index contributed by atoms with van der Waals surface area (Å²) >= 11 is 0. The molecule has 0 saturated heterocycles. The van der Waals surface area contributed by atoms with Gasteiger partial charge in [0.2, 0.25) is 0 Å². The van der Waals surface area contributed by atoms with Crippen LogP contribution in [0.4, 0.5) is 0 Å². The highest BCUT2D eigenvalue weighted by molar-refractivity contribution is 7.85. The summed E-state index contributed by atoms with van der Waals surface area (Å²) in [5, 5.41) is 0. The molecule has 80 valence electrons. The maximum Gasteiger partial charge on any atom is 0.265 e.